The van der Waals surface area contributed by atoms with Gasteiger partial charge in [0.1, 0.15) is 5.92 Å². The van der Waals surface area contributed by atoms with E-state index in [4.69, 9.17) is 4.84 Å². The van der Waals surface area contributed by atoms with Gasteiger partial charge < -0.3 is 4.84 Å². The van der Waals surface area contributed by atoms with Gasteiger partial charge >= 0.3 is 5.97 Å². The van der Waals surface area contributed by atoms with Crippen molar-refractivity contribution in [3.8, 4) is 0 Å². The second-order valence-electron chi connectivity index (χ2n) is 5.65. The largest absolute Gasteiger partial charge is 0.367 e. The van der Waals surface area contributed by atoms with E-state index in [1.165, 1.54) is 6.42 Å². The predicted molar refractivity (Wildman–Crippen MR) is 86.2 cm³/mol. The topological polar surface area (TPSA) is 29.5 Å². The Kier molecular flexibility index (Phi) is 4.86. The zero-order valence-corrected chi connectivity index (χ0v) is 12.7. The zero-order valence-electron chi connectivity index (χ0n) is 12.7. The van der Waals surface area contributed by atoms with E-state index in [0.717, 1.165) is 37.1 Å². The van der Waals surface area contributed by atoms with Crippen LogP contribution in [0.2, 0.25) is 0 Å². The first-order valence-electron chi connectivity index (χ1n) is 7.91. The molecule has 0 atom stereocenters. The van der Waals surface area contributed by atoms with Gasteiger partial charge in [0.15, 0.2) is 0 Å². The molecule has 3 heteroatoms. The average Bonchev–Trinajstić information content (AvgIpc) is 2.58. The Morgan fingerprint density at radius 2 is 1.32 bits per heavy atom. The summed E-state index contributed by atoms with van der Waals surface area (Å²) in [5.41, 5.74) is 1.94. The number of carbonyl (C=O) groups is 1. The molecule has 0 aromatic heterocycles. The smallest absolute Gasteiger partial charge is 0.336 e. The van der Waals surface area contributed by atoms with Gasteiger partial charge in [-0.2, -0.15) is 0 Å². The number of nitrogens with zero attached hydrogens (tertiary/aromatic N) is 1. The van der Waals surface area contributed by atoms with Crippen molar-refractivity contribution in [1.29, 1.82) is 0 Å². The van der Waals surface area contributed by atoms with Crippen LogP contribution in [0.4, 0.5) is 0 Å². The van der Waals surface area contributed by atoms with E-state index in [2.05, 4.69) is 0 Å². The molecule has 0 saturated carbocycles. The lowest BCUT2D eigenvalue weighted by atomic mass is 9.91. The van der Waals surface area contributed by atoms with Crippen LogP contribution in [0.15, 0.2) is 60.7 Å². The Morgan fingerprint density at radius 3 is 1.82 bits per heavy atom. The minimum absolute atomic E-state index is 0.195. The highest BCUT2D eigenvalue weighted by Crippen LogP contribution is 2.26. The van der Waals surface area contributed by atoms with Crippen molar-refractivity contribution in [2.45, 2.75) is 25.2 Å². The molecule has 2 aromatic carbocycles. The number of hydrogen-bond donors (Lipinski definition) is 0. The minimum atomic E-state index is -0.371. The highest BCUT2D eigenvalue weighted by atomic mass is 16.7. The third-order valence-corrected chi connectivity index (χ3v) is 4.04. The molecular formula is C19H21NO2. The summed E-state index contributed by atoms with van der Waals surface area (Å²) < 4.78 is 0. The fourth-order valence-electron chi connectivity index (χ4n) is 2.89. The Bertz CT molecular complexity index is 552. The summed E-state index contributed by atoms with van der Waals surface area (Å²) >= 11 is 0. The Morgan fingerprint density at radius 1 is 0.818 bits per heavy atom. The summed E-state index contributed by atoms with van der Waals surface area (Å²) in [7, 11) is 0. The highest BCUT2D eigenvalue weighted by molar-refractivity contribution is 5.82. The van der Waals surface area contributed by atoms with Gasteiger partial charge in [0, 0.05) is 13.1 Å². The van der Waals surface area contributed by atoms with Crippen LogP contribution in [-0.2, 0) is 9.63 Å². The SMILES string of the molecule is O=C(ON1CCCCC1)C(c1ccccc1)c1ccccc1. The molecule has 0 bridgehead atoms. The summed E-state index contributed by atoms with van der Waals surface area (Å²) in [5, 5.41) is 1.81. The first-order chi connectivity index (χ1) is 10.8. The van der Waals surface area contributed by atoms with Crippen molar-refractivity contribution >= 4 is 5.97 Å². The zero-order chi connectivity index (χ0) is 15.2. The quantitative estimate of drug-likeness (QED) is 0.860. The number of hydroxylamine groups is 2. The Balaban J connectivity index is 1.83. The van der Waals surface area contributed by atoms with Gasteiger partial charge in [-0.15, -0.1) is 5.06 Å². The Hall–Kier alpha value is -2.13. The van der Waals surface area contributed by atoms with Crippen molar-refractivity contribution in [1.82, 2.24) is 5.06 Å². The molecule has 0 amide bonds. The molecule has 0 radical (unpaired) electrons. The van der Waals surface area contributed by atoms with E-state index in [1.54, 1.807) is 0 Å². The molecule has 3 nitrogen and oxygen atoms in total. The average molecular weight is 295 g/mol. The van der Waals surface area contributed by atoms with Crippen LogP contribution < -0.4 is 0 Å². The number of carbonyl (C=O) groups excluding carboxylic acids is 1. The maximum atomic E-state index is 12.7. The molecule has 1 heterocycles. The lowest BCUT2D eigenvalue weighted by Gasteiger charge is -2.27. The third-order valence-electron chi connectivity index (χ3n) is 4.04. The normalized spacial score (nSPS) is 15.7. The van der Waals surface area contributed by atoms with Crippen LogP contribution in [0.5, 0.6) is 0 Å². The van der Waals surface area contributed by atoms with Crippen LogP contribution in [0, 0.1) is 0 Å². The third kappa shape index (κ3) is 3.55. The lowest BCUT2D eigenvalue weighted by molar-refractivity contribution is -0.195. The van der Waals surface area contributed by atoms with E-state index in [1.807, 2.05) is 65.7 Å². The van der Waals surface area contributed by atoms with Crippen molar-refractivity contribution in [3.05, 3.63) is 71.8 Å². The summed E-state index contributed by atoms with van der Waals surface area (Å²) in [5.74, 6) is -0.566. The first kappa shape index (κ1) is 14.8. The van der Waals surface area contributed by atoms with Crippen molar-refractivity contribution < 1.29 is 9.63 Å². The van der Waals surface area contributed by atoms with Crippen LogP contribution in [0.25, 0.3) is 0 Å². The van der Waals surface area contributed by atoms with E-state index >= 15 is 0 Å². The molecule has 1 saturated heterocycles. The van der Waals surface area contributed by atoms with Gasteiger partial charge in [-0.3, -0.25) is 0 Å². The number of rotatable bonds is 4. The molecule has 0 aliphatic carbocycles. The fraction of sp³-hybridized carbons (Fsp3) is 0.316. The van der Waals surface area contributed by atoms with E-state index in [-0.39, 0.29) is 11.9 Å². The molecule has 3 rings (SSSR count). The van der Waals surface area contributed by atoms with Crippen molar-refractivity contribution in [2.75, 3.05) is 13.1 Å². The predicted octanol–water partition coefficient (Wildman–Crippen LogP) is 3.76. The summed E-state index contributed by atoms with van der Waals surface area (Å²) in [6.45, 7) is 1.67. The van der Waals surface area contributed by atoms with E-state index < -0.39 is 0 Å². The molecule has 1 aliphatic heterocycles. The lowest BCUT2D eigenvalue weighted by Crippen LogP contribution is -2.34. The van der Waals surface area contributed by atoms with Crippen molar-refractivity contribution in [3.63, 3.8) is 0 Å². The fourth-order valence-corrected chi connectivity index (χ4v) is 2.89. The van der Waals surface area contributed by atoms with Gasteiger partial charge in [-0.05, 0) is 24.0 Å². The molecule has 22 heavy (non-hydrogen) atoms. The second kappa shape index (κ2) is 7.23. The monoisotopic (exact) mass is 295 g/mol. The first-order valence-corrected chi connectivity index (χ1v) is 7.91. The molecule has 114 valence electrons. The van der Waals surface area contributed by atoms with Gasteiger partial charge in [-0.1, -0.05) is 67.1 Å². The number of piperidine rings is 1. The molecular weight excluding hydrogens is 274 g/mol. The van der Waals surface area contributed by atoms with Crippen LogP contribution in [0.3, 0.4) is 0 Å². The molecule has 2 aromatic rings. The summed E-state index contributed by atoms with van der Waals surface area (Å²) in [6, 6.07) is 19.7. The van der Waals surface area contributed by atoms with Crippen LogP contribution in [-0.4, -0.2) is 24.1 Å². The molecule has 1 fully saturated rings. The molecule has 0 unspecified atom stereocenters. The van der Waals surface area contributed by atoms with E-state index in [0.29, 0.717) is 0 Å². The number of benzene rings is 2. The van der Waals surface area contributed by atoms with Crippen LogP contribution >= 0.6 is 0 Å². The van der Waals surface area contributed by atoms with E-state index in [9.17, 15) is 4.79 Å². The van der Waals surface area contributed by atoms with Crippen molar-refractivity contribution in [2.24, 2.45) is 0 Å². The van der Waals surface area contributed by atoms with Gasteiger partial charge in [0.2, 0.25) is 0 Å². The minimum Gasteiger partial charge on any atom is -0.367 e. The highest BCUT2D eigenvalue weighted by Gasteiger charge is 2.26. The summed E-state index contributed by atoms with van der Waals surface area (Å²) in [6.07, 6.45) is 3.40. The molecule has 0 N–H and O–H groups in total. The maximum Gasteiger partial charge on any atom is 0.336 e. The number of hydrogen-bond acceptors (Lipinski definition) is 3. The Labute approximate surface area is 131 Å². The molecule has 0 spiro atoms. The molecule has 1 aliphatic rings. The van der Waals surface area contributed by atoms with Crippen LogP contribution in [0.1, 0.15) is 36.3 Å². The van der Waals surface area contributed by atoms with Gasteiger partial charge in [0.05, 0.1) is 0 Å². The maximum absolute atomic E-state index is 12.7. The van der Waals surface area contributed by atoms with Gasteiger partial charge in [-0.25, -0.2) is 4.79 Å². The second-order valence-corrected chi connectivity index (χ2v) is 5.65. The summed E-state index contributed by atoms with van der Waals surface area (Å²) in [4.78, 5) is 18.4. The van der Waals surface area contributed by atoms with Gasteiger partial charge in [0.25, 0.3) is 0 Å². The standard InChI is InChI=1S/C19H21NO2/c21-19(22-20-14-8-3-9-15-20)18(16-10-4-1-5-11-16)17-12-6-2-7-13-17/h1-2,4-7,10-13,18H,3,8-9,14-15H2.